The van der Waals surface area contributed by atoms with Crippen LogP contribution in [-0.4, -0.2) is 74.1 Å². The number of benzene rings is 2. The normalized spacial score (nSPS) is 17.2. The van der Waals surface area contributed by atoms with Gasteiger partial charge in [-0.15, -0.1) is 0 Å². The van der Waals surface area contributed by atoms with Crippen LogP contribution in [0.4, 0.5) is 0 Å². The van der Waals surface area contributed by atoms with Gasteiger partial charge in [0.25, 0.3) is 11.7 Å². The quantitative estimate of drug-likeness (QED) is 0.296. The third kappa shape index (κ3) is 5.27. The van der Waals surface area contributed by atoms with E-state index in [4.69, 9.17) is 14.2 Å². The second-order valence-corrected chi connectivity index (χ2v) is 8.19. The number of Topliss-reactive ketones (excluding diaryl/α,β-unsaturated/α-hetero) is 1. The Hall–Kier alpha value is -3.52. The van der Waals surface area contributed by atoms with Crippen molar-refractivity contribution in [3.63, 3.8) is 0 Å². The number of aliphatic hydroxyl groups excluding tert-OH is 1. The maximum Gasteiger partial charge on any atom is 0.295 e. The number of ketones is 1. The standard InChI is InChI=1S/C27H34N2O6/c1-6-28(7-2)15-10-16-29-23(20-13-9-14-21(34-4)26(20)35-5)22(25(31)27(29)32)24(30)18-11-8-12-19(17-18)33-3/h8-9,11-14,17,23,30H,6-7,10,15-16H2,1-5H3/b24-22+/t23-/m0/s1. The molecule has 1 amide bonds. The van der Waals surface area contributed by atoms with Crippen LogP contribution in [0.25, 0.3) is 5.76 Å². The van der Waals surface area contributed by atoms with Gasteiger partial charge in [0.2, 0.25) is 0 Å². The zero-order valence-electron chi connectivity index (χ0n) is 21.0. The van der Waals surface area contributed by atoms with E-state index in [0.717, 1.165) is 19.6 Å². The molecule has 0 bridgehead atoms. The number of para-hydroxylation sites is 1. The van der Waals surface area contributed by atoms with Gasteiger partial charge < -0.3 is 29.1 Å². The first-order valence-corrected chi connectivity index (χ1v) is 11.8. The van der Waals surface area contributed by atoms with Crippen molar-refractivity contribution >= 4 is 17.4 Å². The number of amides is 1. The van der Waals surface area contributed by atoms with Gasteiger partial charge in [-0.05, 0) is 44.3 Å². The predicted octanol–water partition coefficient (Wildman–Crippen LogP) is 3.87. The Balaban J connectivity index is 2.15. The number of aliphatic hydroxyl groups is 1. The van der Waals surface area contributed by atoms with Crippen LogP contribution in [-0.2, 0) is 9.59 Å². The number of carbonyl (C=O) groups excluding carboxylic acids is 2. The van der Waals surface area contributed by atoms with Gasteiger partial charge in [0.05, 0.1) is 32.9 Å². The molecule has 1 aliphatic heterocycles. The van der Waals surface area contributed by atoms with E-state index in [1.807, 2.05) is 0 Å². The van der Waals surface area contributed by atoms with Crippen molar-refractivity contribution in [2.75, 3.05) is 47.5 Å². The Labute approximate surface area is 206 Å². The molecule has 0 spiro atoms. The molecule has 0 aliphatic carbocycles. The number of likely N-dealkylation sites (tertiary alicyclic amines) is 1. The molecule has 2 aromatic carbocycles. The van der Waals surface area contributed by atoms with Gasteiger partial charge in [-0.25, -0.2) is 0 Å². The van der Waals surface area contributed by atoms with Crippen molar-refractivity contribution in [3.8, 4) is 17.2 Å². The van der Waals surface area contributed by atoms with E-state index in [0.29, 0.717) is 41.3 Å². The Morgan fingerprint density at radius 1 is 1.00 bits per heavy atom. The van der Waals surface area contributed by atoms with E-state index in [1.54, 1.807) is 42.5 Å². The second-order valence-electron chi connectivity index (χ2n) is 8.19. The highest BCUT2D eigenvalue weighted by molar-refractivity contribution is 6.46. The first kappa shape index (κ1) is 26.1. The van der Waals surface area contributed by atoms with Crippen LogP contribution in [0, 0.1) is 0 Å². The van der Waals surface area contributed by atoms with Crippen LogP contribution in [0.15, 0.2) is 48.0 Å². The van der Waals surface area contributed by atoms with Crippen LogP contribution in [0.1, 0.15) is 37.4 Å². The van der Waals surface area contributed by atoms with Crippen molar-refractivity contribution in [3.05, 3.63) is 59.2 Å². The number of ether oxygens (including phenoxy) is 3. The van der Waals surface area contributed by atoms with E-state index < -0.39 is 17.7 Å². The smallest absolute Gasteiger partial charge is 0.295 e. The molecule has 1 aliphatic rings. The highest BCUT2D eigenvalue weighted by Crippen LogP contribution is 2.45. The van der Waals surface area contributed by atoms with Gasteiger partial charge in [0.1, 0.15) is 11.5 Å². The summed E-state index contributed by atoms with van der Waals surface area (Å²) in [6, 6.07) is 11.2. The summed E-state index contributed by atoms with van der Waals surface area (Å²) in [5, 5.41) is 11.3. The van der Waals surface area contributed by atoms with E-state index in [9.17, 15) is 14.7 Å². The number of hydrogen-bond acceptors (Lipinski definition) is 7. The lowest BCUT2D eigenvalue weighted by Crippen LogP contribution is -2.33. The minimum atomic E-state index is -0.831. The molecule has 188 valence electrons. The van der Waals surface area contributed by atoms with E-state index in [2.05, 4.69) is 18.7 Å². The highest BCUT2D eigenvalue weighted by Gasteiger charge is 2.47. The van der Waals surface area contributed by atoms with Crippen molar-refractivity contribution in [2.24, 2.45) is 0 Å². The average molecular weight is 483 g/mol. The fourth-order valence-electron chi connectivity index (χ4n) is 4.49. The summed E-state index contributed by atoms with van der Waals surface area (Å²) >= 11 is 0. The van der Waals surface area contributed by atoms with Gasteiger partial charge in [-0.1, -0.05) is 38.1 Å². The summed E-state index contributed by atoms with van der Waals surface area (Å²) in [6.45, 7) is 7.11. The number of rotatable bonds is 11. The zero-order valence-corrected chi connectivity index (χ0v) is 21.0. The highest BCUT2D eigenvalue weighted by atomic mass is 16.5. The molecule has 0 radical (unpaired) electrons. The van der Waals surface area contributed by atoms with Gasteiger partial charge in [0, 0.05) is 17.7 Å². The Kier molecular flexibility index (Phi) is 8.76. The summed E-state index contributed by atoms with van der Waals surface area (Å²) in [5.41, 5.74) is 0.966. The van der Waals surface area contributed by atoms with E-state index in [-0.39, 0.29) is 11.3 Å². The molecule has 35 heavy (non-hydrogen) atoms. The van der Waals surface area contributed by atoms with Crippen LogP contribution in [0.3, 0.4) is 0 Å². The van der Waals surface area contributed by atoms with E-state index in [1.165, 1.54) is 26.2 Å². The third-order valence-corrected chi connectivity index (χ3v) is 6.38. The monoisotopic (exact) mass is 482 g/mol. The van der Waals surface area contributed by atoms with Gasteiger partial charge in [-0.2, -0.15) is 0 Å². The molecule has 0 aromatic heterocycles. The van der Waals surface area contributed by atoms with Gasteiger partial charge in [0.15, 0.2) is 11.5 Å². The summed E-state index contributed by atoms with van der Waals surface area (Å²) in [5.74, 6) is -0.236. The molecule has 1 N–H and O–H groups in total. The molecular weight excluding hydrogens is 448 g/mol. The summed E-state index contributed by atoms with van der Waals surface area (Å²) in [6.07, 6.45) is 0.677. The number of carbonyl (C=O) groups is 2. The van der Waals surface area contributed by atoms with Crippen molar-refractivity contribution in [1.82, 2.24) is 9.80 Å². The lowest BCUT2D eigenvalue weighted by molar-refractivity contribution is -0.140. The largest absolute Gasteiger partial charge is 0.507 e. The minimum absolute atomic E-state index is 0.0117. The lowest BCUT2D eigenvalue weighted by Gasteiger charge is -2.28. The molecule has 2 aromatic rings. The summed E-state index contributed by atoms with van der Waals surface area (Å²) in [7, 11) is 4.56. The second kappa shape index (κ2) is 11.8. The van der Waals surface area contributed by atoms with Gasteiger partial charge in [-0.3, -0.25) is 9.59 Å². The first-order chi connectivity index (χ1) is 16.9. The van der Waals surface area contributed by atoms with Crippen molar-refractivity contribution in [1.29, 1.82) is 0 Å². The third-order valence-electron chi connectivity index (χ3n) is 6.38. The summed E-state index contributed by atoms with van der Waals surface area (Å²) in [4.78, 5) is 30.3. The van der Waals surface area contributed by atoms with Crippen molar-refractivity contribution < 1.29 is 28.9 Å². The molecule has 0 unspecified atom stereocenters. The molecule has 8 heteroatoms. The Bertz CT molecular complexity index is 1090. The Morgan fingerprint density at radius 2 is 1.71 bits per heavy atom. The van der Waals surface area contributed by atoms with E-state index >= 15 is 0 Å². The fourth-order valence-corrected chi connectivity index (χ4v) is 4.49. The number of hydrogen-bond donors (Lipinski definition) is 1. The molecule has 0 saturated carbocycles. The molecule has 3 rings (SSSR count). The first-order valence-electron chi connectivity index (χ1n) is 11.8. The number of nitrogens with zero attached hydrogens (tertiary/aromatic N) is 2. The Morgan fingerprint density at radius 3 is 2.34 bits per heavy atom. The lowest BCUT2D eigenvalue weighted by atomic mass is 9.94. The molecule has 1 atom stereocenters. The molecule has 1 fully saturated rings. The van der Waals surface area contributed by atoms with Gasteiger partial charge >= 0.3 is 0 Å². The predicted molar refractivity (Wildman–Crippen MR) is 134 cm³/mol. The molecule has 1 saturated heterocycles. The SMILES string of the molecule is CCN(CC)CCCN1C(=O)C(=O)/C(=C(/O)c2cccc(OC)c2)[C@@H]1c1cccc(OC)c1OC. The number of methoxy groups -OCH3 is 3. The fraction of sp³-hybridized carbons (Fsp3) is 0.407. The topological polar surface area (TPSA) is 88.5 Å². The maximum absolute atomic E-state index is 13.3. The van der Waals surface area contributed by atoms with Crippen LogP contribution < -0.4 is 14.2 Å². The average Bonchev–Trinajstić information content (AvgIpc) is 3.14. The molecule has 1 heterocycles. The van der Waals surface area contributed by atoms with Crippen molar-refractivity contribution in [2.45, 2.75) is 26.3 Å². The van der Waals surface area contributed by atoms with Crippen LogP contribution >= 0.6 is 0 Å². The maximum atomic E-state index is 13.3. The molecule has 8 nitrogen and oxygen atoms in total. The van der Waals surface area contributed by atoms with Crippen LogP contribution in [0.5, 0.6) is 17.2 Å². The molecular formula is C27H34N2O6. The summed E-state index contributed by atoms with van der Waals surface area (Å²) < 4.78 is 16.4. The van der Waals surface area contributed by atoms with Crippen LogP contribution in [0.2, 0.25) is 0 Å². The zero-order chi connectivity index (χ0) is 25.5. The minimum Gasteiger partial charge on any atom is -0.507 e.